The Morgan fingerprint density at radius 2 is 1.18 bits per heavy atom. The quantitative estimate of drug-likeness (QED) is 0.0931. The van der Waals surface area contributed by atoms with Crippen LogP contribution in [0.5, 0.6) is 34.5 Å². The van der Waals surface area contributed by atoms with Crippen molar-refractivity contribution in [1.29, 1.82) is 0 Å². The van der Waals surface area contributed by atoms with Gasteiger partial charge in [0.25, 0.3) is 0 Å². The summed E-state index contributed by atoms with van der Waals surface area (Å²) in [5.41, 5.74) is 13.7. The molecule has 0 spiro atoms. The molecule has 0 saturated carbocycles. The molecule has 6 aromatic heterocycles. The molecule has 7 N–H and O–H groups in total. The minimum Gasteiger partial charge on any atom is -0.493 e. The first-order valence-corrected chi connectivity index (χ1v) is 22.5. The Hall–Kier alpha value is -8.51. The molecule has 8 aromatic rings. The number of hydrogen-bond acceptors (Lipinski definition) is 18. The summed E-state index contributed by atoms with van der Waals surface area (Å²) in [7, 11) is 9.41. The number of fused-ring (bicyclic) bond motifs is 2. The molecule has 10 rings (SSSR count). The van der Waals surface area contributed by atoms with Crippen molar-refractivity contribution in [2.24, 2.45) is 11.5 Å². The Bertz CT molecular complexity index is 3100. The number of carbonyl (C=O) groups excluding carboxylic acids is 2. The molecular formula is C46H53ClN16O8. The second-order valence-corrected chi connectivity index (χ2v) is 16.2. The van der Waals surface area contributed by atoms with Crippen molar-refractivity contribution in [3.05, 3.63) is 91.3 Å². The fraction of sp³-hybridized carbons (Fsp3) is 0.304. The average molecular weight is 993 g/mol. The van der Waals surface area contributed by atoms with Gasteiger partial charge in [0, 0.05) is 43.2 Å². The maximum atomic E-state index is 11.9. The van der Waals surface area contributed by atoms with Gasteiger partial charge in [0.2, 0.25) is 34.5 Å². The highest BCUT2D eigenvalue weighted by Crippen LogP contribution is 2.41. The summed E-state index contributed by atoms with van der Waals surface area (Å²) in [5, 5.41) is 18.3. The number of benzene rings is 2. The van der Waals surface area contributed by atoms with E-state index < -0.39 is 6.04 Å². The first-order valence-electron chi connectivity index (χ1n) is 22.1. The maximum absolute atomic E-state index is 11.9. The van der Waals surface area contributed by atoms with Crippen molar-refractivity contribution in [2.75, 3.05) is 71.3 Å². The summed E-state index contributed by atoms with van der Waals surface area (Å²) in [6, 6.07) is 14.4. The van der Waals surface area contributed by atoms with Gasteiger partial charge in [0.05, 0.1) is 72.5 Å². The van der Waals surface area contributed by atoms with E-state index in [9.17, 15) is 9.59 Å². The Kier molecular flexibility index (Phi) is 15.1. The fourth-order valence-corrected chi connectivity index (χ4v) is 8.26. The number of aromatic nitrogens is 10. The van der Waals surface area contributed by atoms with Gasteiger partial charge in [-0.25, -0.2) is 19.0 Å². The summed E-state index contributed by atoms with van der Waals surface area (Å²) in [6.45, 7) is 1.60. The molecule has 2 atom stereocenters. The third kappa shape index (κ3) is 10.7. The largest absolute Gasteiger partial charge is 0.493 e. The van der Waals surface area contributed by atoms with E-state index in [0.29, 0.717) is 76.7 Å². The van der Waals surface area contributed by atoms with Crippen LogP contribution in [0.15, 0.2) is 86.0 Å². The topological polar surface area (TPSA) is 277 Å². The highest BCUT2D eigenvalue weighted by Gasteiger charge is 2.32. The van der Waals surface area contributed by atoms with Crippen molar-refractivity contribution in [2.45, 2.75) is 37.8 Å². The van der Waals surface area contributed by atoms with E-state index in [1.54, 1.807) is 70.5 Å². The second kappa shape index (κ2) is 21.8. The molecular weight excluding hydrogens is 940 g/mol. The van der Waals surface area contributed by atoms with Gasteiger partial charge in [0.1, 0.15) is 41.4 Å². The fourth-order valence-electron chi connectivity index (χ4n) is 8.10. The van der Waals surface area contributed by atoms with Gasteiger partial charge < -0.3 is 69.9 Å². The van der Waals surface area contributed by atoms with E-state index in [1.807, 2.05) is 81.2 Å². The minimum atomic E-state index is -0.421. The monoisotopic (exact) mass is 992 g/mol. The molecule has 8 heterocycles. The lowest BCUT2D eigenvalue weighted by Crippen LogP contribution is -2.41. The highest BCUT2D eigenvalue weighted by atomic mass is 35.5. The predicted octanol–water partition coefficient (Wildman–Crippen LogP) is 4.70. The molecule has 2 fully saturated rings. The normalized spacial score (nSPS) is 15.1. The molecule has 71 heavy (non-hydrogen) atoms. The standard InChI is InChI=1S/C23H26N8O4.C18H17ClN6O3.C5H10N2O/c1-33-17-10-14(11-18(34-2)20(17)35-3)29-12-19(25-13-29)26-22-16-7-5-9-31(16)28-23(27-22)30-8-4-6-15(30)21(24)32;1-26-13-7-11(8-14(27-2)16(13)28-3)24-9-15(20-10-24)21-17-12-5-4-6-25(12)23-18(19)22-17;6-5(8)4-2-1-3-7-4/h5,7,9-13,15H,4,6,8H2,1-3H3,(H2,24,32)(H,26,27,28);4-10H,1-3H3,(H,21,22,23);4,7H,1-3H2,(H2,6,8)/t15-;;4-/m1.1/s1. The van der Waals surface area contributed by atoms with Crippen LogP contribution in [0.2, 0.25) is 5.28 Å². The molecule has 372 valence electrons. The number of carbonyl (C=O) groups is 2. The molecule has 2 amide bonds. The predicted molar refractivity (Wildman–Crippen MR) is 264 cm³/mol. The van der Waals surface area contributed by atoms with Crippen LogP contribution in [0, 0.1) is 0 Å². The highest BCUT2D eigenvalue weighted by molar-refractivity contribution is 6.28. The Morgan fingerprint density at radius 3 is 1.62 bits per heavy atom. The Morgan fingerprint density at radius 1 is 0.676 bits per heavy atom. The summed E-state index contributed by atoms with van der Waals surface area (Å²) in [5.74, 6) is 5.33. The third-order valence-electron chi connectivity index (χ3n) is 11.5. The molecule has 0 radical (unpaired) electrons. The molecule has 2 aliphatic heterocycles. The van der Waals surface area contributed by atoms with Gasteiger partial charge in [-0.05, 0) is 68.1 Å². The SMILES string of the molecule is COc1cc(-n2cnc(Nc3nc(Cl)nn4cccc34)c2)cc(OC)c1OC.COc1cc(-n2cnc(Nc3nc(N4CCC[C@@H]4C(N)=O)nn4cccc34)c2)cc(OC)c1OC.NC(=O)[C@H]1CCCN1. The van der Waals surface area contributed by atoms with Gasteiger partial charge in [0.15, 0.2) is 34.6 Å². The lowest BCUT2D eigenvalue weighted by atomic mass is 10.2. The third-order valence-corrected chi connectivity index (χ3v) is 11.7. The summed E-state index contributed by atoms with van der Waals surface area (Å²) in [6.07, 6.45) is 14.1. The van der Waals surface area contributed by atoms with E-state index in [4.69, 9.17) is 56.5 Å². The van der Waals surface area contributed by atoms with E-state index in [1.165, 1.54) is 0 Å². The smallest absolute Gasteiger partial charge is 0.246 e. The molecule has 25 heteroatoms. The van der Waals surface area contributed by atoms with Crippen LogP contribution in [0.3, 0.4) is 0 Å². The van der Waals surface area contributed by atoms with Gasteiger partial charge >= 0.3 is 0 Å². The molecule has 2 saturated heterocycles. The van der Waals surface area contributed by atoms with Crippen LogP contribution in [0.1, 0.15) is 25.7 Å². The van der Waals surface area contributed by atoms with Crippen LogP contribution in [0.4, 0.5) is 29.2 Å². The Balaban J connectivity index is 0.000000167. The number of nitrogens with one attached hydrogen (secondary N) is 3. The van der Waals surface area contributed by atoms with Gasteiger partial charge in [-0.3, -0.25) is 9.59 Å². The molecule has 0 aliphatic carbocycles. The number of anilines is 5. The lowest BCUT2D eigenvalue weighted by molar-refractivity contribution is -0.120. The van der Waals surface area contributed by atoms with Gasteiger partial charge in [-0.15, -0.1) is 10.2 Å². The van der Waals surface area contributed by atoms with Crippen LogP contribution in [-0.4, -0.2) is 128 Å². The van der Waals surface area contributed by atoms with Crippen LogP contribution in [-0.2, 0) is 9.59 Å². The zero-order chi connectivity index (χ0) is 50.2. The summed E-state index contributed by atoms with van der Waals surface area (Å²) >= 11 is 6.00. The molecule has 2 aromatic carbocycles. The zero-order valence-corrected chi connectivity index (χ0v) is 40.5. The van der Waals surface area contributed by atoms with Crippen molar-refractivity contribution in [3.63, 3.8) is 0 Å². The number of methoxy groups -OCH3 is 6. The number of ether oxygens (including phenoxy) is 6. The molecule has 2 aliphatic rings. The number of halogens is 1. The first-order chi connectivity index (χ1) is 34.4. The van der Waals surface area contributed by atoms with Crippen LogP contribution >= 0.6 is 11.6 Å². The minimum absolute atomic E-state index is 0.0463. The number of hydrogen-bond donors (Lipinski definition) is 5. The van der Waals surface area contributed by atoms with Crippen molar-refractivity contribution in [1.82, 2.24) is 53.6 Å². The van der Waals surface area contributed by atoms with Crippen LogP contribution < -0.4 is 60.7 Å². The maximum Gasteiger partial charge on any atom is 0.246 e. The number of imidazole rings is 2. The summed E-state index contributed by atoms with van der Waals surface area (Å²) in [4.78, 5) is 41.9. The van der Waals surface area contributed by atoms with Crippen molar-refractivity contribution >= 4 is 63.7 Å². The van der Waals surface area contributed by atoms with E-state index in [-0.39, 0.29) is 23.1 Å². The lowest BCUT2D eigenvalue weighted by Gasteiger charge is -2.22. The second-order valence-electron chi connectivity index (χ2n) is 15.8. The van der Waals surface area contributed by atoms with Crippen molar-refractivity contribution in [3.8, 4) is 45.9 Å². The van der Waals surface area contributed by atoms with Crippen molar-refractivity contribution < 1.29 is 38.0 Å². The summed E-state index contributed by atoms with van der Waals surface area (Å²) < 4.78 is 39.5. The number of primary amides is 2. The zero-order valence-electron chi connectivity index (χ0n) is 39.7. The van der Waals surface area contributed by atoms with E-state index in [2.05, 4.69) is 41.1 Å². The molecule has 0 bridgehead atoms. The van der Waals surface area contributed by atoms with E-state index >= 15 is 0 Å². The van der Waals surface area contributed by atoms with Gasteiger partial charge in [-0.1, -0.05) is 0 Å². The van der Waals surface area contributed by atoms with Crippen LogP contribution in [0.25, 0.3) is 22.4 Å². The Labute approximate surface area is 411 Å². The molecule has 0 unspecified atom stereocenters. The number of nitrogens with two attached hydrogens (primary N) is 2. The number of amides is 2. The number of nitrogens with zero attached hydrogens (tertiary/aromatic N) is 11. The number of rotatable bonds is 15. The van der Waals surface area contributed by atoms with E-state index in [0.717, 1.165) is 48.2 Å². The average Bonchev–Trinajstić information content (AvgIpc) is 4.24. The molecule has 24 nitrogen and oxygen atoms in total. The van der Waals surface area contributed by atoms with Gasteiger partial charge in [-0.2, -0.15) is 9.97 Å². The first kappa shape index (κ1) is 48.9.